The predicted octanol–water partition coefficient (Wildman–Crippen LogP) is 3.24. The Hall–Kier alpha value is -3.44. The zero-order valence-corrected chi connectivity index (χ0v) is 14.9. The van der Waals surface area contributed by atoms with Gasteiger partial charge in [0.1, 0.15) is 0 Å². The third-order valence-electron chi connectivity index (χ3n) is 4.78. The normalized spacial score (nSPS) is 19.8. The molecule has 0 amide bonds. The average Bonchev–Trinajstić information content (AvgIpc) is 2.88. The molecule has 0 aromatic heterocycles. The molecule has 0 saturated heterocycles. The Bertz CT molecular complexity index is 1220. The lowest BCUT2D eigenvalue weighted by Gasteiger charge is -2.26. The maximum absolute atomic E-state index is 13.2. The fraction of sp³-hybridized carbons (Fsp3) is 0.105. The molecule has 0 saturated carbocycles. The Labute approximate surface area is 155 Å². The van der Waals surface area contributed by atoms with Crippen LogP contribution in [0.5, 0.6) is 0 Å². The lowest BCUT2D eigenvalue weighted by Crippen LogP contribution is -2.24. The van der Waals surface area contributed by atoms with Gasteiger partial charge >= 0.3 is 0 Å². The molecular weight excluding hydrogens is 366 g/mol. The van der Waals surface area contributed by atoms with Crippen LogP contribution >= 0.6 is 0 Å². The van der Waals surface area contributed by atoms with E-state index in [2.05, 4.69) is 11.4 Å². The van der Waals surface area contributed by atoms with E-state index in [1.807, 2.05) is 0 Å². The third-order valence-corrected chi connectivity index (χ3v) is 6.74. The highest BCUT2D eigenvalue weighted by Gasteiger charge is 2.45. The summed E-state index contributed by atoms with van der Waals surface area (Å²) in [7, 11) is -3.84. The van der Waals surface area contributed by atoms with Crippen molar-refractivity contribution >= 4 is 21.2 Å². The highest BCUT2D eigenvalue weighted by molar-refractivity contribution is 7.96. The molecule has 0 spiro atoms. The van der Waals surface area contributed by atoms with E-state index in [4.69, 9.17) is 0 Å². The molecule has 0 bridgehead atoms. The van der Waals surface area contributed by atoms with Crippen molar-refractivity contribution in [2.24, 2.45) is 0 Å². The van der Waals surface area contributed by atoms with Crippen molar-refractivity contribution in [1.29, 1.82) is 5.26 Å². The number of sulfone groups is 1. The quantitative estimate of drug-likeness (QED) is 0.633. The van der Waals surface area contributed by atoms with Gasteiger partial charge in [0.05, 0.1) is 38.0 Å². The first-order valence-corrected chi connectivity index (χ1v) is 9.55. The first-order chi connectivity index (χ1) is 12.9. The second-order valence-corrected chi connectivity index (χ2v) is 8.19. The van der Waals surface area contributed by atoms with Crippen molar-refractivity contribution in [2.45, 2.75) is 17.7 Å². The Morgan fingerprint density at radius 1 is 1.19 bits per heavy atom. The number of benzene rings is 2. The van der Waals surface area contributed by atoms with E-state index in [-0.39, 0.29) is 21.1 Å². The van der Waals surface area contributed by atoms with Gasteiger partial charge in [-0.05, 0) is 18.6 Å². The number of rotatable bonds is 2. The minimum atomic E-state index is -3.84. The summed E-state index contributed by atoms with van der Waals surface area (Å²) < 4.78 is 26.5. The lowest BCUT2D eigenvalue weighted by molar-refractivity contribution is -0.384. The molecule has 0 radical (unpaired) electrons. The number of nitrogens with zero attached hydrogens (tertiary/aromatic N) is 2. The van der Waals surface area contributed by atoms with Crippen molar-refractivity contribution < 1.29 is 13.3 Å². The number of dihydropyridines is 1. The molecular formula is C19H13N3O4S. The Kier molecular flexibility index (Phi) is 3.64. The van der Waals surface area contributed by atoms with E-state index in [0.717, 1.165) is 0 Å². The number of nitriles is 1. The third kappa shape index (κ3) is 2.36. The number of fused-ring (bicyclic) bond motifs is 2. The van der Waals surface area contributed by atoms with E-state index >= 15 is 0 Å². The van der Waals surface area contributed by atoms with Crippen LogP contribution in [-0.4, -0.2) is 13.3 Å². The van der Waals surface area contributed by atoms with Crippen molar-refractivity contribution in [2.75, 3.05) is 0 Å². The molecule has 2 aromatic rings. The standard InChI is InChI=1S/C19H13N3O4S/c1-11-15(10-20)17(12-5-4-6-13(9-12)22(23)24)19-18(21-11)14-7-2-3-8-16(14)27(19,25)26/h2-9,17,21H,1H3/t17-/m1/s1. The van der Waals surface area contributed by atoms with E-state index in [9.17, 15) is 23.8 Å². The molecule has 0 unspecified atom stereocenters. The monoisotopic (exact) mass is 379 g/mol. The highest BCUT2D eigenvalue weighted by Crippen LogP contribution is 2.50. The minimum absolute atomic E-state index is 0.0614. The molecule has 1 N–H and O–H groups in total. The summed E-state index contributed by atoms with van der Waals surface area (Å²) in [5, 5.41) is 23.9. The van der Waals surface area contributed by atoms with Crippen LogP contribution in [0.3, 0.4) is 0 Å². The number of non-ortho nitro benzene ring substituents is 1. The van der Waals surface area contributed by atoms with Gasteiger partial charge in [-0.1, -0.05) is 30.3 Å². The van der Waals surface area contributed by atoms with E-state index < -0.39 is 20.7 Å². The molecule has 1 atom stereocenters. The molecule has 4 rings (SSSR count). The van der Waals surface area contributed by atoms with Gasteiger partial charge in [-0.3, -0.25) is 10.1 Å². The van der Waals surface area contributed by atoms with Crippen LogP contribution in [0.25, 0.3) is 5.70 Å². The van der Waals surface area contributed by atoms with Crippen molar-refractivity contribution in [1.82, 2.24) is 5.32 Å². The molecule has 0 fully saturated rings. The average molecular weight is 379 g/mol. The second kappa shape index (κ2) is 5.79. The lowest BCUT2D eigenvalue weighted by atomic mass is 9.86. The number of hydrogen-bond acceptors (Lipinski definition) is 6. The van der Waals surface area contributed by atoms with Crippen LogP contribution in [0.1, 0.15) is 24.0 Å². The molecule has 2 aromatic carbocycles. The topological polar surface area (TPSA) is 113 Å². The van der Waals surface area contributed by atoms with E-state index in [0.29, 0.717) is 22.5 Å². The van der Waals surface area contributed by atoms with Crippen LogP contribution in [-0.2, 0) is 9.84 Å². The Morgan fingerprint density at radius 3 is 2.63 bits per heavy atom. The maximum Gasteiger partial charge on any atom is 0.269 e. The second-order valence-electron chi connectivity index (χ2n) is 6.30. The first kappa shape index (κ1) is 17.0. The van der Waals surface area contributed by atoms with Crippen LogP contribution in [0, 0.1) is 21.4 Å². The van der Waals surface area contributed by atoms with Gasteiger partial charge in [0.2, 0.25) is 9.84 Å². The smallest absolute Gasteiger partial charge is 0.269 e. The van der Waals surface area contributed by atoms with Gasteiger partial charge in [-0.2, -0.15) is 5.26 Å². The summed E-state index contributed by atoms with van der Waals surface area (Å²) in [5.41, 5.74) is 1.96. The molecule has 27 heavy (non-hydrogen) atoms. The zero-order valence-electron chi connectivity index (χ0n) is 14.1. The first-order valence-electron chi connectivity index (χ1n) is 8.07. The Morgan fingerprint density at radius 2 is 1.93 bits per heavy atom. The minimum Gasteiger partial charge on any atom is -0.357 e. The van der Waals surface area contributed by atoms with Gasteiger partial charge in [0.25, 0.3) is 5.69 Å². The zero-order chi connectivity index (χ0) is 19.3. The molecule has 8 heteroatoms. The number of nitro benzene ring substituents is 1. The van der Waals surface area contributed by atoms with Crippen molar-refractivity contribution in [3.8, 4) is 6.07 Å². The maximum atomic E-state index is 13.2. The summed E-state index contributed by atoms with van der Waals surface area (Å²) in [6, 6.07) is 14.5. The van der Waals surface area contributed by atoms with Gasteiger partial charge < -0.3 is 5.32 Å². The van der Waals surface area contributed by atoms with Gasteiger partial charge in [-0.25, -0.2) is 8.42 Å². The predicted molar refractivity (Wildman–Crippen MR) is 97.8 cm³/mol. The molecule has 0 aliphatic carbocycles. The fourth-order valence-corrected chi connectivity index (χ4v) is 5.56. The molecule has 2 aliphatic rings. The largest absolute Gasteiger partial charge is 0.357 e. The highest BCUT2D eigenvalue weighted by atomic mass is 32.2. The molecule has 134 valence electrons. The van der Waals surface area contributed by atoms with E-state index in [1.165, 1.54) is 24.3 Å². The molecule has 7 nitrogen and oxygen atoms in total. The van der Waals surface area contributed by atoms with Crippen LogP contribution in [0.2, 0.25) is 0 Å². The summed E-state index contributed by atoms with van der Waals surface area (Å²) in [5.74, 6) is -0.899. The van der Waals surface area contributed by atoms with Gasteiger partial charge in [0, 0.05) is 23.4 Å². The van der Waals surface area contributed by atoms with Gasteiger partial charge in [-0.15, -0.1) is 0 Å². The number of hydrogen-bond donors (Lipinski definition) is 1. The van der Waals surface area contributed by atoms with Crippen LogP contribution in [0.15, 0.2) is 69.6 Å². The van der Waals surface area contributed by atoms with Crippen molar-refractivity contribution in [3.05, 3.63) is 85.9 Å². The Balaban J connectivity index is 2.02. The van der Waals surface area contributed by atoms with Crippen LogP contribution < -0.4 is 5.32 Å². The van der Waals surface area contributed by atoms with Crippen molar-refractivity contribution in [3.63, 3.8) is 0 Å². The summed E-state index contributed by atoms with van der Waals surface area (Å²) >= 11 is 0. The fourth-order valence-electron chi connectivity index (χ4n) is 3.61. The number of allylic oxidation sites excluding steroid dienone is 3. The summed E-state index contributed by atoms with van der Waals surface area (Å²) in [4.78, 5) is 10.9. The summed E-state index contributed by atoms with van der Waals surface area (Å²) in [6.07, 6.45) is 0. The van der Waals surface area contributed by atoms with Crippen LogP contribution in [0.4, 0.5) is 5.69 Å². The van der Waals surface area contributed by atoms with Gasteiger partial charge in [0.15, 0.2) is 0 Å². The SMILES string of the molecule is CC1=C(C#N)[C@@H](c2cccc([N+](=O)[O-])c2)C2=C(N1)c1ccccc1S2(=O)=O. The molecule has 2 heterocycles. The summed E-state index contributed by atoms with van der Waals surface area (Å²) in [6.45, 7) is 1.69. The number of nitrogens with one attached hydrogen (secondary N) is 1. The number of nitro groups is 1. The van der Waals surface area contributed by atoms with E-state index in [1.54, 1.807) is 31.2 Å². The molecule has 2 aliphatic heterocycles.